The monoisotopic (exact) mass is 310 g/mol. The quantitative estimate of drug-likeness (QED) is 0.734. The lowest BCUT2D eigenvalue weighted by atomic mass is 10.1. The van der Waals surface area contributed by atoms with Crippen molar-refractivity contribution in [3.8, 4) is 11.3 Å². The summed E-state index contributed by atoms with van der Waals surface area (Å²) in [5.74, 6) is 0. The SMILES string of the molecule is Cc1ccn(Cc2nc(-c3ccc(C)c(C)c3)cs2)c(=O)c1. The molecule has 4 heteroatoms. The highest BCUT2D eigenvalue weighted by Crippen LogP contribution is 2.24. The maximum atomic E-state index is 11.9. The van der Waals surface area contributed by atoms with E-state index in [-0.39, 0.29) is 5.56 Å². The van der Waals surface area contributed by atoms with Crippen molar-refractivity contribution in [2.75, 3.05) is 0 Å². The smallest absolute Gasteiger partial charge is 0.251 e. The number of nitrogens with zero attached hydrogens (tertiary/aromatic N) is 2. The second-order valence-corrected chi connectivity index (χ2v) is 6.54. The van der Waals surface area contributed by atoms with Crippen molar-refractivity contribution in [2.45, 2.75) is 27.3 Å². The molecule has 0 radical (unpaired) electrons. The first-order valence-electron chi connectivity index (χ1n) is 7.22. The Hall–Kier alpha value is -2.20. The van der Waals surface area contributed by atoms with Gasteiger partial charge in [-0.2, -0.15) is 0 Å². The Morgan fingerprint density at radius 2 is 1.91 bits per heavy atom. The Balaban J connectivity index is 1.87. The van der Waals surface area contributed by atoms with Crippen LogP contribution in [0.1, 0.15) is 21.7 Å². The molecule has 0 atom stereocenters. The zero-order valence-corrected chi connectivity index (χ0v) is 13.8. The van der Waals surface area contributed by atoms with E-state index in [1.54, 1.807) is 22.0 Å². The second kappa shape index (κ2) is 5.89. The summed E-state index contributed by atoms with van der Waals surface area (Å²) in [5, 5.41) is 3.00. The predicted octanol–water partition coefficient (Wildman–Crippen LogP) is 3.95. The summed E-state index contributed by atoms with van der Waals surface area (Å²) < 4.78 is 1.69. The molecule has 2 aromatic heterocycles. The molecule has 0 amide bonds. The maximum absolute atomic E-state index is 11.9. The van der Waals surface area contributed by atoms with E-state index in [2.05, 4.69) is 42.4 Å². The number of aryl methyl sites for hydroxylation is 3. The van der Waals surface area contributed by atoms with Gasteiger partial charge in [0.1, 0.15) is 5.01 Å². The number of hydrogen-bond donors (Lipinski definition) is 0. The molecule has 0 spiro atoms. The van der Waals surface area contributed by atoms with Crippen LogP contribution >= 0.6 is 11.3 Å². The number of pyridine rings is 1. The zero-order valence-electron chi connectivity index (χ0n) is 13.0. The predicted molar refractivity (Wildman–Crippen MR) is 91.6 cm³/mol. The van der Waals surface area contributed by atoms with Crippen molar-refractivity contribution in [1.29, 1.82) is 0 Å². The van der Waals surface area contributed by atoms with E-state index >= 15 is 0 Å². The summed E-state index contributed by atoms with van der Waals surface area (Å²) in [4.78, 5) is 16.6. The molecule has 3 rings (SSSR count). The van der Waals surface area contributed by atoms with Crippen molar-refractivity contribution < 1.29 is 0 Å². The largest absolute Gasteiger partial charge is 0.309 e. The fourth-order valence-corrected chi connectivity index (χ4v) is 3.10. The van der Waals surface area contributed by atoms with E-state index in [4.69, 9.17) is 0 Å². The van der Waals surface area contributed by atoms with Gasteiger partial charge in [0.2, 0.25) is 0 Å². The molecule has 0 aliphatic heterocycles. The summed E-state index contributed by atoms with van der Waals surface area (Å²) in [5.41, 5.74) is 5.65. The van der Waals surface area contributed by atoms with Crippen LogP contribution < -0.4 is 5.56 Å². The average Bonchev–Trinajstić information content (AvgIpc) is 2.93. The van der Waals surface area contributed by atoms with Gasteiger partial charge in [-0.25, -0.2) is 4.98 Å². The number of thiazole rings is 1. The van der Waals surface area contributed by atoms with Crippen LogP contribution in [0.25, 0.3) is 11.3 Å². The molecule has 3 nitrogen and oxygen atoms in total. The van der Waals surface area contributed by atoms with Gasteiger partial charge < -0.3 is 4.57 Å². The Morgan fingerprint density at radius 3 is 2.64 bits per heavy atom. The molecular weight excluding hydrogens is 292 g/mol. The molecule has 22 heavy (non-hydrogen) atoms. The van der Waals surface area contributed by atoms with Gasteiger partial charge in [-0.05, 0) is 49.6 Å². The summed E-state index contributed by atoms with van der Waals surface area (Å²) in [6.45, 7) is 6.66. The molecule has 0 fully saturated rings. The minimum Gasteiger partial charge on any atom is -0.309 e. The van der Waals surface area contributed by atoms with Crippen LogP contribution in [0.2, 0.25) is 0 Å². The molecule has 2 heterocycles. The molecule has 0 aliphatic rings. The molecule has 0 saturated heterocycles. The zero-order chi connectivity index (χ0) is 15.7. The van der Waals surface area contributed by atoms with Crippen LogP contribution in [-0.4, -0.2) is 9.55 Å². The van der Waals surface area contributed by atoms with Crippen molar-refractivity contribution in [1.82, 2.24) is 9.55 Å². The average molecular weight is 310 g/mol. The van der Waals surface area contributed by atoms with E-state index in [1.165, 1.54) is 11.1 Å². The highest BCUT2D eigenvalue weighted by molar-refractivity contribution is 7.09. The van der Waals surface area contributed by atoms with Gasteiger partial charge in [0.15, 0.2) is 0 Å². The molecule has 0 N–H and O–H groups in total. The Morgan fingerprint density at radius 1 is 1.09 bits per heavy atom. The van der Waals surface area contributed by atoms with Crippen molar-refractivity contribution >= 4 is 11.3 Å². The molecule has 3 aromatic rings. The molecule has 112 valence electrons. The van der Waals surface area contributed by atoms with Crippen molar-refractivity contribution in [3.63, 3.8) is 0 Å². The molecule has 0 aliphatic carbocycles. The first-order chi connectivity index (χ1) is 10.5. The fraction of sp³-hybridized carbons (Fsp3) is 0.222. The number of benzene rings is 1. The molecule has 0 saturated carbocycles. The normalized spacial score (nSPS) is 10.9. The van der Waals surface area contributed by atoms with Crippen molar-refractivity contribution in [2.24, 2.45) is 0 Å². The first-order valence-corrected chi connectivity index (χ1v) is 8.10. The topological polar surface area (TPSA) is 34.9 Å². The van der Waals surface area contributed by atoms with Crippen LogP contribution in [0.15, 0.2) is 46.7 Å². The van der Waals surface area contributed by atoms with Crippen LogP contribution in [-0.2, 0) is 6.54 Å². The highest BCUT2D eigenvalue weighted by atomic mass is 32.1. The van der Waals surface area contributed by atoms with E-state index in [0.717, 1.165) is 21.8 Å². The maximum Gasteiger partial charge on any atom is 0.251 e. The lowest BCUT2D eigenvalue weighted by molar-refractivity contribution is 0.752. The van der Waals surface area contributed by atoms with E-state index in [1.807, 2.05) is 19.2 Å². The van der Waals surface area contributed by atoms with E-state index in [0.29, 0.717) is 6.54 Å². The van der Waals surface area contributed by atoms with Gasteiger partial charge in [-0.1, -0.05) is 12.1 Å². The van der Waals surface area contributed by atoms with Crippen LogP contribution in [0, 0.1) is 20.8 Å². The summed E-state index contributed by atoms with van der Waals surface area (Å²) in [7, 11) is 0. The van der Waals surface area contributed by atoms with Gasteiger partial charge in [-0.15, -0.1) is 11.3 Å². The van der Waals surface area contributed by atoms with Gasteiger partial charge in [0.05, 0.1) is 12.2 Å². The van der Waals surface area contributed by atoms with Gasteiger partial charge in [-0.3, -0.25) is 4.79 Å². The third kappa shape index (κ3) is 3.02. The molecule has 0 bridgehead atoms. The molecular formula is C18H18N2OS. The minimum absolute atomic E-state index is 0.0166. The summed E-state index contributed by atoms with van der Waals surface area (Å²) >= 11 is 1.59. The van der Waals surface area contributed by atoms with Gasteiger partial charge >= 0.3 is 0 Å². The van der Waals surface area contributed by atoms with E-state index < -0.39 is 0 Å². The highest BCUT2D eigenvalue weighted by Gasteiger charge is 2.07. The lowest BCUT2D eigenvalue weighted by Crippen LogP contribution is -2.19. The Labute approximate surface area is 133 Å². The van der Waals surface area contributed by atoms with Crippen molar-refractivity contribution in [3.05, 3.63) is 74.0 Å². The summed E-state index contributed by atoms with van der Waals surface area (Å²) in [6.07, 6.45) is 1.83. The first kappa shape index (κ1) is 14.7. The summed E-state index contributed by atoms with van der Waals surface area (Å²) in [6, 6.07) is 9.97. The lowest BCUT2D eigenvalue weighted by Gasteiger charge is -2.04. The molecule has 0 unspecified atom stereocenters. The minimum atomic E-state index is 0.0166. The number of hydrogen-bond acceptors (Lipinski definition) is 3. The van der Waals surface area contributed by atoms with Crippen LogP contribution in [0.5, 0.6) is 0 Å². The Kier molecular flexibility index (Phi) is 3.94. The van der Waals surface area contributed by atoms with E-state index in [9.17, 15) is 4.79 Å². The fourth-order valence-electron chi connectivity index (χ4n) is 2.30. The third-order valence-electron chi connectivity index (χ3n) is 3.81. The van der Waals surface area contributed by atoms with Crippen LogP contribution in [0.3, 0.4) is 0 Å². The van der Waals surface area contributed by atoms with Gasteiger partial charge in [0.25, 0.3) is 5.56 Å². The Bertz CT molecular complexity index is 877. The van der Waals surface area contributed by atoms with Gasteiger partial charge in [0, 0.05) is 23.2 Å². The second-order valence-electron chi connectivity index (χ2n) is 5.60. The number of rotatable bonds is 3. The number of aromatic nitrogens is 2. The third-order valence-corrected chi connectivity index (χ3v) is 4.65. The standard InChI is InChI=1S/C18H18N2OS/c1-12-6-7-20(18(21)8-12)10-17-19-16(11-22-17)15-5-4-13(2)14(3)9-15/h4-9,11H,10H2,1-3H3. The molecule has 1 aromatic carbocycles. The van der Waals surface area contributed by atoms with Crippen LogP contribution in [0.4, 0.5) is 0 Å².